The van der Waals surface area contributed by atoms with Crippen LogP contribution in [0.5, 0.6) is 5.75 Å². The first kappa shape index (κ1) is 17.2. The highest BCUT2D eigenvalue weighted by atomic mass is 19.1. The average Bonchev–Trinajstić information content (AvgIpc) is 2.56. The van der Waals surface area contributed by atoms with Crippen molar-refractivity contribution in [1.82, 2.24) is 9.97 Å². The summed E-state index contributed by atoms with van der Waals surface area (Å²) in [4.78, 5) is 20.1. The number of methoxy groups -OCH3 is 2. The summed E-state index contributed by atoms with van der Waals surface area (Å²) in [5, 5.41) is 0. The number of rotatable bonds is 3. The van der Waals surface area contributed by atoms with Crippen LogP contribution in [-0.4, -0.2) is 30.2 Å². The summed E-state index contributed by atoms with van der Waals surface area (Å²) in [5.74, 6) is 3.91. The maximum absolute atomic E-state index is 14.6. The Kier molecular flexibility index (Phi) is 4.99. The van der Waals surface area contributed by atoms with Gasteiger partial charge in [-0.2, -0.15) is 0 Å². The van der Waals surface area contributed by atoms with Gasteiger partial charge in [-0.05, 0) is 25.5 Å². The van der Waals surface area contributed by atoms with Crippen molar-refractivity contribution in [3.8, 4) is 29.0 Å². The number of nitrogens with zero attached hydrogens (tertiary/aromatic N) is 2. The molecule has 0 aliphatic rings. The van der Waals surface area contributed by atoms with E-state index in [1.807, 2.05) is 0 Å². The van der Waals surface area contributed by atoms with Gasteiger partial charge in [0.25, 0.3) is 0 Å². The van der Waals surface area contributed by atoms with Gasteiger partial charge < -0.3 is 15.2 Å². The summed E-state index contributed by atoms with van der Waals surface area (Å²) < 4.78 is 24.4. The Bertz CT molecular complexity index is 870. The normalized spacial score (nSPS) is 9.88. The maximum atomic E-state index is 14.6. The number of benzene rings is 1. The molecule has 1 aromatic heterocycles. The molecule has 0 radical (unpaired) electrons. The number of aromatic nitrogens is 2. The number of carbonyl (C=O) groups excluding carboxylic acids is 1. The topological polar surface area (TPSA) is 87.3 Å². The minimum atomic E-state index is -0.734. The van der Waals surface area contributed by atoms with Gasteiger partial charge in [0, 0.05) is 0 Å². The highest BCUT2D eigenvalue weighted by Crippen LogP contribution is 2.31. The number of aryl methyl sites for hydroxylation is 1. The Labute approximate surface area is 138 Å². The lowest BCUT2D eigenvalue weighted by Gasteiger charge is -2.11. The number of hydrogen-bond acceptors (Lipinski definition) is 6. The fourth-order valence-electron chi connectivity index (χ4n) is 2.17. The largest absolute Gasteiger partial charge is 0.493 e. The molecule has 1 aromatic carbocycles. The van der Waals surface area contributed by atoms with Crippen LogP contribution in [0.4, 0.5) is 10.2 Å². The molecule has 7 heteroatoms. The maximum Gasteiger partial charge on any atom is 0.358 e. The Morgan fingerprint density at radius 2 is 2.00 bits per heavy atom. The second-order valence-corrected chi connectivity index (χ2v) is 4.80. The van der Waals surface area contributed by atoms with Crippen molar-refractivity contribution in [2.24, 2.45) is 0 Å². The first-order valence-electron chi connectivity index (χ1n) is 6.96. The lowest BCUT2D eigenvalue weighted by molar-refractivity contribution is 0.0593. The predicted molar refractivity (Wildman–Crippen MR) is 87.0 cm³/mol. The lowest BCUT2D eigenvalue weighted by atomic mass is 10.1. The molecule has 2 aromatic rings. The van der Waals surface area contributed by atoms with E-state index in [0.717, 1.165) is 0 Å². The third-order valence-electron chi connectivity index (χ3n) is 3.30. The van der Waals surface area contributed by atoms with Crippen molar-refractivity contribution in [2.45, 2.75) is 13.8 Å². The number of anilines is 1. The Morgan fingerprint density at radius 3 is 2.58 bits per heavy atom. The number of carbonyl (C=O) groups is 1. The van der Waals surface area contributed by atoms with E-state index < -0.39 is 11.8 Å². The molecule has 0 spiro atoms. The summed E-state index contributed by atoms with van der Waals surface area (Å²) >= 11 is 0. The first-order valence-corrected chi connectivity index (χ1v) is 6.96. The van der Waals surface area contributed by atoms with Gasteiger partial charge in [0.05, 0.1) is 25.3 Å². The Morgan fingerprint density at radius 1 is 1.29 bits per heavy atom. The number of nitrogens with two attached hydrogens (primary N) is 1. The molecule has 0 unspecified atom stereocenters. The number of esters is 1. The van der Waals surface area contributed by atoms with E-state index in [9.17, 15) is 9.18 Å². The van der Waals surface area contributed by atoms with Gasteiger partial charge >= 0.3 is 5.97 Å². The van der Waals surface area contributed by atoms with Gasteiger partial charge in [0.15, 0.2) is 23.1 Å². The number of halogens is 1. The molecule has 0 bridgehead atoms. The van der Waals surface area contributed by atoms with Gasteiger partial charge in [-0.15, -0.1) is 5.92 Å². The van der Waals surface area contributed by atoms with Crippen LogP contribution < -0.4 is 10.5 Å². The fourth-order valence-corrected chi connectivity index (χ4v) is 2.17. The Hall–Kier alpha value is -3.14. The molecule has 2 N–H and O–H groups in total. The molecular weight excluding hydrogens is 313 g/mol. The summed E-state index contributed by atoms with van der Waals surface area (Å²) in [6, 6.07) is 3.16. The highest BCUT2D eigenvalue weighted by molar-refractivity contribution is 5.92. The van der Waals surface area contributed by atoms with Crippen molar-refractivity contribution in [3.05, 3.63) is 34.8 Å². The smallest absolute Gasteiger partial charge is 0.358 e. The van der Waals surface area contributed by atoms with Crippen LogP contribution >= 0.6 is 0 Å². The quantitative estimate of drug-likeness (QED) is 0.687. The molecule has 0 aliphatic heterocycles. The molecule has 6 nitrogen and oxygen atoms in total. The van der Waals surface area contributed by atoms with Crippen molar-refractivity contribution >= 4 is 11.8 Å². The molecule has 0 saturated carbocycles. The second-order valence-electron chi connectivity index (χ2n) is 4.80. The monoisotopic (exact) mass is 329 g/mol. The van der Waals surface area contributed by atoms with E-state index in [-0.39, 0.29) is 34.2 Å². The lowest BCUT2D eigenvalue weighted by Crippen LogP contribution is -2.13. The highest BCUT2D eigenvalue weighted by Gasteiger charge is 2.22. The van der Waals surface area contributed by atoms with Gasteiger partial charge in [-0.3, -0.25) is 0 Å². The standard InChI is InChI=1S/C17H16FN3O3/c1-5-6-11-13(17(22)24-4)20-16(21-15(11)19)10-8-7-9(2)14(23-3)12(10)18/h7-8H,1-4H3,(H2,19,20,21). The summed E-state index contributed by atoms with van der Waals surface area (Å²) in [7, 11) is 2.57. The third kappa shape index (κ3) is 2.99. The summed E-state index contributed by atoms with van der Waals surface area (Å²) in [6.07, 6.45) is 0. The van der Waals surface area contributed by atoms with E-state index in [1.54, 1.807) is 19.9 Å². The molecule has 2 rings (SSSR count). The van der Waals surface area contributed by atoms with Gasteiger partial charge in [-0.1, -0.05) is 12.0 Å². The minimum Gasteiger partial charge on any atom is -0.493 e. The number of nitrogen functional groups attached to an aromatic ring is 1. The number of hydrogen-bond donors (Lipinski definition) is 1. The molecule has 24 heavy (non-hydrogen) atoms. The molecule has 1 heterocycles. The zero-order valence-electron chi connectivity index (χ0n) is 13.7. The van der Waals surface area contributed by atoms with Gasteiger partial charge in [-0.25, -0.2) is 19.2 Å². The average molecular weight is 329 g/mol. The van der Waals surface area contributed by atoms with Crippen LogP contribution in [0.3, 0.4) is 0 Å². The van der Waals surface area contributed by atoms with E-state index in [0.29, 0.717) is 5.56 Å². The Balaban J connectivity index is 2.75. The second kappa shape index (κ2) is 6.96. The van der Waals surface area contributed by atoms with Crippen LogP contribution in [0.2, 0.25) is 0 Å². The van der Waals surface area contributed by atoms with Crippen molar-refractivity contribution < 1.29 is 18.7 Å². The zero-order valence-corrected chi connectivity index (χ0v) is 13.7. The van der Waals surface area contributed by atoms with E-state index in [4.69, 9.17) is 15.2 Å². The van der Waals surface area contributed by atoms with E-state index >= 15 is 0 Å². The van der Waals surface area contributed by atoms with Crippen LogP contribution in [0, 0.1) is 24.6 Å². The predicted octanol–water partition coefficient (Wildman–Crippen LogP) is 2.34. The molecule has 0 atom stereocenters. The SMILES string of the molecule is CC#Cc1c(N)nc(-c2ccc(C)c(OC)c2F)nc1C(=O)OC. The van der Waals surface area contributed by atoms with Crippen LogP contribution in [-0.2, 0) is 4.74 Å². The molecule has 0 aliphatic carbocycles. The molecule has 0 saturated heterocycles. The third-order valence-corrected chi connectivity index (χ3v) is 3.30. The van der Waals surface area contributed by atoms with Crippen LogP contribution in [0.15, 0.2) is 12.1 Å². The molecule has 0 fully saturated rings. The molecule has 124 valence electrons. The summed E-state index contributed by atoms with van der Waals surface area (Å²) in [6.45, 7) is 3.29. The first-order chi connectivity index (χ1) is 11.4. The van der Waals surface area contributed by atoms with Crippen molar-refractivity contribution in [3.63, 3.8) is 0 Å². The van der Waals surface area contributed by atoms with E-state index in [2.05, 4.69) is 21.8 Å². The van der Waals surface area contributed by atoms with E-state index in [1.165, 1.54) is 20.3 Å². The molecular formula is C17H16FN3O3. The molecule has 0 amide bonds. The van der Waals surface area contributed by atoms with Crippen LogP contribution in [0.25, 0.3) is 11.4 Å². The fraction of sp³-hybridized carbons (Fsp3) is 0.235. The van der Waals surface area contributed by atoms with Gasteiger partial charge in [0.1, 0.15) is 5.82 Å². The zero-order chi connectivity index (χ0) is 17.9. The van der Waals surface area contributed by atoms with Crippen molar-refractivity contribution in [1.29, 1.82) is 0 Å². The van der Waals surface area contributed by atoms with Gasteiger partial charge in [0.2, 0.25) is 0 Å². The summed E-state index contributed by atoms with van der Waals surface area (Å²) in [5.41, 5.74) is 6.58. The number of ether oxygens (including phenoxy) is 2. The minimum absolute atomic E-state index is 0.0336. The van der Waals surface area contributed by atoms with Crippen molar-refractivity contribution in [2.75, 3.05) is 20.0 Å². The van der Waals surface area contributed by atoms with Crippen LogP contribution in [0.1, 0.15) is 28.5 Å².